The first-order valence-electron chi connectivity index (χ1n) is 3.11. The Balaban J connectivity index is 2.89. The fourth-order valence-electron chi connectivity index (χ4n) is 0.703. The van der Waals surface area contributed by atoms with E-state index in [1.807, 2.05) is 0 Å². The Morgan fingerprint density at radius 1 is 1.42 bits per heavy atom. The third-order valence-corrected chi connectivity index (χ3v) is 2.00. The molecule has 1 aromatic rings. The predicted octanol–water partition coefficient (Wildman–Crippen LogP) is 2.49. The van der Waals surface area contributed by atoms with Gasteiger partial charge in [-0.05, 0) is 35.9 Å². The Morgan fingerprint density at radius 2 is 1.92 bits per heavy atom. The van der Waals surface area contributed by atoms with Crippen molar-refractivity contribution in [3.05, 3.63) is 28.7 Å². The van der Waals surface area contributed by atoms with E-state index in [-0.39, 0.29) is 0 Å². The lowest BCUT2D eigenvalue weighted by Crippen LogP contribution is -2.32. The van der Waals surface area contributed by atoms with Crippen LogP contribution in [0.5, 0.6) is 0 Å². The molecule has 64 valence electrons. The average molecular weight is 249 g/mol. The van der Waals surface area contributed by atoms with Crippen LogP contribution in [-0.4, -0.2) is 5.37 Å². The second-order valence-electron chi connectivity index (χ2n) is 2.10. The van der Waals surface area contributed by atoms with Gasteiger partial charge in [0.1, 0.15) is 0 Å². The van der Waals surface area contributed by atoms with Gasteiger partial charge in [0, 0.05) is 4.47 Å². The van der Waals surface area contributed by atoms with Crippen molar-refractivity contribution in [3.8, 4) is 0 Å². The molecule has 1 aromatic carbocycles. The summed E-state index contributed by atoms with van der Waals surface area (Å²) in [6, 6.07) is 6.92. The van der Waals surface area contributed by atoms with Gasteiger partial charge in [-0.3, -0.25) is 4.79 Å². The highest BCUT2D eigenvalue weighted by Gasteiger charge is 2.06. The number of nitrogens with two attached hydrogens (primary N) is 1. The van der Waals surface area contributed by atoms with Crippen molar-refractivity contribution in [2.24, 2.45) is 5.84 Å². The van der Waals surface area contributed by atoms with Crippen molar-refractivity contribution in [1.82, 2.24) is 0 Å². The lowest BCUT2D eigenvalue weighted by atomic mass is 10.3. The zero-order valence-corrected chi connectivity index (χ0v) is 8.34. The Morgan fingerprint density at radius 3 is 2.33 bits per heavy atom. The minimum atomic E-state index is -0.711. The summed E-state index contributed by atoms with van der Waals surface area (Å²) >= 11 is 8.41. The zero-order chi connectivity index (χ0) is 9.14. The maximum absolute atomic E-state index is 10.6. The summed E-state index contributed by atoms with van der Waals surface area (Å²) in [4.78, 5) is 10.6. The van der Waals surface area contributed by atoms with Gasteiger partial charge >= 0.3 is 5.37 Å². The van der Waals surface area contributed by atoms with E-state index in [0.29, 0.717) is 5.69 Å². The number of amides is 1. The third-order valence-electron chi connectivity index (χ3n) is 1.29. The second-order valence-corrected chi connectivity index (χ2v) is 3.34. The smallest absolute Gasteiger partial charge is 0.254 e. The van der Waals surface area contributed by atoms with E-state index in [1.165, 1.54) is 0 Å². The van der Waals surface area contributed by atoms with Crippen molar-refractivity contribution in [2.45, 2.75) is 0 Å². The first-order valence-corrected chi connectivity index (χ1v) is 4.28. The Labute approximate surface area is 83.2 Å². The molecule has 0 unspecified atom stereocenters. The molecule has 0 bridgehead atoms. The number of carbonyl (C=O) groups is 1. The molecule has 12 heavy (non-hydrogen) atoms. The molecule has 0 aliphatic heterocycles. The van der Waals surface area contributed by atoms with Crippen LogP contribution in [0.2, 0.25) is 0 Å². The molecule has 0 aliphatic rings. The second kappa shape index (κ2) is 3.89. The van der Waals surface area contributed by atoms with Gasteiger partial charge in [0.2, 0.25) is 0 Å². The molecule has 0 aliphatic carbocycles. The zero-order valence-electron chi connectivity index (χ0n) is 6.00. The molecule has 0 heterocycles. The predicted molar refractivity (Wildman–Crippen MR) is 52.1 cm³/mol. The highest BCUT2D eigenvalue weighted by atomic mass is 79.9. The van der Waals surface area contributed by atoms with Crippen molar-refractivity contribution < 1.29 is 4.79 Å². The molecule has 0 atom stereocenters. The van der Waals surface area contributed by atoms with Crippen LogP contribution < -0.4 is 10.9 Å². The molecule has 0 spiro atoms. The fraction of sp³-hybridized carbons (Fsp3) is 0. The molecular formula is C7H6BrClN2O. The van der Waals surface area contributed by atoms with Crippen LogP contribution in [0.25, 0.3) is 0 Å². The molecule has 1 amide bonds. The minimum absolute atomic E-state index is 0.554. The number of carbonyl (C=O) groups excluding carboxylic acids is 1. The van der Waals surface area contributed by atoms with Gasteiger partial charge in [-0.1, -0.05) is 15.9 Å². The molecular weight excluding hydrogens is 243 g/mol. The number of halogens is 2. The topological polar surface area (TPSA) is 46.3 Å². The largest absolute Gasteiger partial charge is 0.335 e. The van der Waals surface area contributed by atoms with Gasteiger partial charge < -0.3 is 0 Å². The molecule has 0 saturated carbocycles. The highest BCUT2D eigenvalue weighted by Crippen LogP contribution is 2.16. The van der Waals surface area contributed by atoms with E-state index >= 15 is 0 Å². The first kappa shape index (κ1) is 9.51. The summed E-state index contributed by atoms with van der Waals surface area (Å²) in [6.45, 7) is 0. The first-order chi connectivity index (χ1) is 5.61. The summed E-state index contributed by atoms with van der Waals surface area (Å²) in [5.74, 6) is 5.32. The number of benzene rings is 1. The summed E-state index contributed by atoms with van der Waals surface area (Å²) < 4.78 is 0.918. The number of rotatable bonds is 1. The maximum Gasteiger partial charge on any atom is 0.335 e. The monoisotopic (exact) mass is 248 g/mol. The van der Waals surface area contributed by atoms with E-state index in [1.54, 1.807) is 24.3 Å². The van der Waals surface area contributed by atoms with Crippen LogP contribution in [0.3, 0.4) is 0 Å². The summed E-state index contributed by atoms with van der Waals surface area (Å²) in [7, 11) is 0. The van der Waals surface area contributed by atoms with E-state index in [2.05, 4.69) is 15.9 Å². The van der Waals surface area contributed by atoms with Crippen molar-refractivity contribution >= 4 is 38.6 Å². The highest BCUT2D eigenvalue weighted by molar-refractivity contribution is 9.10. The minimum Gasteiger partial charge on any atom is -0.254 e. The van der Waals surface area contributed by atoms with Crippen LogP contribution in [0.15, 0.2) is 28.7 Å². The van der Waals surface area contributed by atoms with E-state index in [4.69, 9.17) is 17.4 Å². The quantitative estimate of drug-likeness (QED) is 0.273. The summed E-state index contributed by atoms with van der Waals surface area (Å²) in [5, 5.41) is 0.158. The SMILES string of the molecule is NN(C(=O)Cl)c1ccc(Br)cc1. The van der Waals surface area contributed by atoms with Crippen molar-refractivity contribution in [2.75, 3.05) is 5.01 Å². The van der Waals surface area contributed by atoms with Crippen LogP contribution in [0.1, 0.15) is 0 Å². The number of hydrazine groups is 1. The molecule has 3 nitrogen and oxygen atoms in total. The number of hydrogen-bond acceptors (Lipinski definition) is 2. The van der Waals surface area contributed by atoms with E-state index in [9.17, 15) is 4.79 Å². The number of hydrogen-bond donors (Lipinski definition) is 1. The average Bonchev–Trinajstić information content (AvgIpc) is 2.04. The van der Waals surface area contributed by atoms with Crippen molar-refractivity contribution in [3.63, 3.8) is 0 Å². The van der Waals surface area contributed by atoms with Crippen LogP contribution in [0, 0.1) is 0 Å². The fourth-order valence-corrected chi connectivity index (χ4v) is 1.07. The summed E-state index contributed by atoms with van der Waals surface area (Å²) in [6.07, 6.45) is 0. The van der Waals surface area contributed by atoms with Crippen molar-refractivity contribution in [1.29, 1.82) is 0 Å². The normalized spacial score (nSPS) is 9.58. The van der Waals surface area contributed by atoms with Gasteiger partial charge in [0.15, 0.2) is 0 Å². The van der Waals surface area contributed by atoms with Gasteiger partial charge in [-0.25, -0.2) is 10.9 Å². The van der Waals surface area contributed by atoms with Crippen LogP contribution >= 0.6 is 27.5 Å². The van der Waals surface area contributed by atoms with Crippen LogP contribution in [-0.2, 0) is 0 Å². The molecule has 0 radical (unpaired) electrons. The Kier molecular flexibility index (Phi) is 3.08. The lowest BCUT2D eigenvalue weighted by molar-refractivity contribution is 0.264. The maximum atomic E-state index is 10.6. The van der Waals surface area contributed by atoms with Gasteiger partial charge in [0.05, 0.1) is 5.69 Å². The van der Waals surface area contributed by atoms with Gasteiger partial charge in [-0.15, -0.1) is 0 Å². The molecule has 5 heteroatoms. The molecule has 1 rings (SSSR count). The number of anilines is 1. The third kappa shape index (κ3) is 2.20. The number of nitrogens with zero attached hydrogens (tertiary/aromatic N) is 1. The molecule has 0 fully saturated rings. The van der Waals surface area contributed by atoms with Gasteiger partial charge in [-0.2, -0.15) is 0 Å². The molecule has 0 saturated heterocycles. The summed E-state index contributed by atoms with van der Waals surface area (Å²) in [5.41, 5.74) is 0.554. The standard InChI is InChI=1S/C7H6BrClN2O/c8-5-1-3-6(4-2-5)11(10)7(9)12/h1-4H,10H2. The van der Waals surface area contributed by atoms with Gasteiger partial charge in [0.25, 0.3) is 0 Å². The van der Waals surface area contributed by atoms with Crippen LogP contribution in [0.4, 0.5) is 10.5 Å². The molecule has 0 aromatic heterocycles. The van der Waals surface area contributed by atoms with E-state index in [0.717, 1.165) is 9.48 Å². The van der Waals surface area contributed by atoms with E-state index < -0.39 is 5.37 Å². The molecule has 2 N–H and O–H groups in total. The lowest BCUT2D eigenvalue weighted by Gasteiger charge is -2.11. The Hall–Kier alpha value is -0.580. The Bertz CT molecular complexity index is 288.